The number of benzene rings is 6. The first-order valence-electron chi connectivity index (χ1n) is 16.3. The topological polar surface area (TPSA) is 0 Å². The van der Waals surface area contributed by atoms with Crippen molar-refractivity contribution in [2.24, 2.45) is 0 Å². The molecule has 0 heterocycles. The molecule has 0 N–H and O–H groups in total. The lowest BCUT2D eigenvalue weighted by Gasteiger charge is -2.55. The van der Waals surface area contributed by atoms with E-state index >= 15 is 0 Å². The van der Waals surface area contributed by atoms with Crippen LogP contribution in [-0.2, 0) is 17.8 Å². The molecule has 1 atom stereocenters. The molecule has 6 aromatic rings. The van der Waals surface area contributed by atoms with Crippen molar-refractivity contribution in [3.63, 3.8) is 0 Å². The maximum atomic E-state index is 13.9. The van der Waals surface area contributed by atoms with Crippen molar-refractivity contribution in [1.82, 2.24) is 0 Å². The van der Waals surface area contributed by atoms with Crippen LogP contribution in [0.3, 0.4) is 0 Å². The van der Waals surface area contributed by atoms with E-state index in [1.54, 1.807) is 12.1 Å². The second-order valence-electron chi connectivity index (χ2n) is 13.0. The van der Waals surface area contributed by atoms with Crippen molar-refractivity contribution < 1.29 is 26.3 Å². The van der Waals surface area contributed by atoms with Gasteiger partial charge in [0.05, 0.1) is 16.5 Å². The van der Waals surface area contributed by atoms with Gasteiger partial charge in [0.1, 0.15) is 0 Å². The Morgan fingerprint density at radius 3 is 1.30 bits per heavy atom. The molecule has 0 saturated heterocycles. The summed E-state index contributed by atoms with van der Waals surface area (Å²) < 4.78 is 82.5. The summed E-state index contributed by atoms with van der Waals surface area (Å²) in [5, 5.41) is 0. The summed E-state index contributed by atoms with van der Waals surface area (Å²) in [6, 6.07) is 43.0. The number of hydrogen-bond acceptors (Lipinski definition) is 0. The zero-order chi connectivity index (χ0) is 34.4. The Kier molecular flexibility index (Phi) is 6.51. The van der Waals surface area contributed by atoms with Crippen LogP contribution in [0.4, 0.5) is 26.3 Å². The molecular weight excluding hydrogens is 642 g/mol. The molecule has 1 fully saturated rings. The van der Waals surface area contributed by atoms with Crippen LogP contribution in [0.2, 0.25) is 0 Å². The van der Waals surface area contributed by atoms with Crippen molar-refractivity contribution in [1.29, 1.82) is 0 Å². The van der Waals surface area contributed by atoms with Crippen molar-refractivity contribution in [3.05, 3.63) is 201 Å². The molecule has 0 aliphatic heterocycles. The first kappa shape index (κ1) is 30.4. The Hall–Kier alpha value is -5.62. The predicted octanol–water partition coefficient (Wildman–Crippen LogP) is 12.4. The van der Waals surface area contributed by atoms with Crippen molar-refractivity contribution in [3.8, 4) is 22.3 Å². The lowest BCUT2D eigenvalue weighted by atomic mass is 9.46. The number of fused-ring (bicyclic) bond motifs is 8. The van der Waals surface area contributed by atoms with E-state index in [1.165, 1.54) is 12.1 Å². The van der Waals surface area contributed by atoms with Crippen LogP contribution < -0.4 is 0 Å². The van der Waals surface area contributed by atoms with E-state index in [4.69, 9.17) is 0 Å². The summed E-state index contributed by atoms with van der Waals surface area (Å²) in [6.45, 7) is 0. The standard InChI is InChI=1S/C44H26F6/c45-43(46,47)28-21-17-26(18-22-28)25-38-40(39-34-13-3-1-9-30(34)31-10-2-4-14-35(31)39)41(27-19-23-29(24-20-27)44(48,49)50)42(38)36-15-7-5-11-32(36)33-12-6-8-16-37(33)42/h1-25,41H/b38-25-/t41-/m0/s1. The molecule has 6 heteroatoms. The Morgan fingerprint density at radius 2 is 0.840 bits per heavy atom. The third-order valence-electron chi connectivity index (χ3n) is 10.5. The number of hydrogen-bond donors (Lipinski definition) is 0. The van der Waals surface area contributed by atoms with Crippen LogP contribution in [0.5, 0.6) is 0 Å². The van der Waals surface area contributed by atoms with Gasteiger partial charge in [-0.2, -0.15) is 26.3 Å². The maximum Gasteiger partial charge on any atom is 0.416 e. The third-order valence-corrected chi connectivity index (χ3v) is 10.5. The van der Waals surface area contributed by atoms with E-state index in [2.05, 4.69) is 48.5 Å². The predicted molar refractivity (Wildman–Crippen MR) is 184 cm³/mol. The van der Waals surface area contributed by atoms with Gasteiger partial charge in [0.15, 0.2) is 0 Å². The first-order valence-corrected chi connectivity index (χ1v) is 16.3. The SMILES string of the molecule is FC(F)(F)c1ccc(/C=C2/C(=C3c4ccccc4-c4ccccc43)[C@H](c3ccc(C(F)(F)F)cc3)C23c2ccccc2-c2ccccc23)cc1. The number of alkyl halides is 6. The molecule has 6 aromatic carbocycles. The van der Waals surface area contributed by atoms with Crippen molar-refractivity contribution in [2.45, 2.75) is 23.7 Å². The molecular formula is C44H26F6. The summed E-state index contributed by atoms with van der Waals surface area (Å²) in [7, 11) is 0. The van der Waals surface area contributed by atoms with Crippen LogP contribution in [0.1, 0.15) is 50.4 Å². The summed E-state index contributed by atoms with van der Waals surface area (Å²) in [4.78, 5) is 0. The number of halogens is 6. The first-order chi connectivity index (χ1) is 24.1. The Labute approximate surface area is 284 Å². The lowest BCUT2D eigenvalue weighted by molar-refractivity contribution is -0.138. The van der Waals surface area contributed by atoms with Gasteiger partial charge in [0.2, 0.25) is 0 Å². The van der Waals surface area contributed by atoms with Crippen molar-refractivity contribution in [2.75, 3.05) is 0 Å². The van der Waals surface area contributed by atoms with E-state index in [0.29, 0.717) is 5.56 Å². The molecule has 244 valence electrons. The van der Waals surface area contributed by atoms with Gasteiger partial charge < -0.3 is 0 Å². The highest BCUT2D eigenvalue weighted by molar-refractivity contribution is 6.07. The molecule has 0 aromatic heterocycles. The Morgan fingerprint density at radius 1 is 0.440 bits per heavy atom. The molecule has 1 spiro atoms. The highest BCUT2D eigenvalue weighted by Crippen LogP contribution is 2.72. The molecule has 9 rings (SSSR count). The summed E-state index contributed by atoms with van der Waals surface area (Å²) in [6.07, 6.45) is -7.00. The van der Waals surface area contributed by atoms with Gasteiger partial charge in [-0.3, -0.25) is 0 Å². The summed E-state index contributed by atoms with van der Waals surface area (Å²) >= 11 is 0. The van der Waals surface area contributed by atoms with E-state index < -0.39 is 34.8 Å². The van der Waals surface area contributed by atoms with E-state index in [0.717, 1.165) is 91.1 Å². The van der Waals surface area contributed by atoms with Crippen LogP contribution in [0.15, 0.2) is 157 Å². The second kappa shape index (κ2) is 10.7. The molecule has 0 unspecified atom stereocenters. The minimum absolute atomic E-state index is 0.426. The van der Waals surface area contributed by atoms with Crippen LogP contribution >= 0.6 is 0 Å². The monoisotopic (exact) mass is 668 g/mol. The van der Waals surface area contributed by atoms with Gasteiger partial charge in [0, 0.05) is 5.92 Å². The Balaban J connectivity index is 1.41. The average molecular weight is 669 g/mol. The fourth-order valence-electron chi connectivity index (χ4n) is 8.53. The highest BCUT2D eigenvalue weighted by atomic mass is 19.4. The number of allylic oxidation sites excluding steroid dienone is 2. The average Bonchev–Trinajstić information content (AvgIpc) is 3.61. The fraction of sp³-hybridized carbons (Fsp3) is 0.0909. The van der Waals surface area contributed by atoms with Gasteiger partial charge in [0.25, 0.3) is 0 Å². The van der Waals surface area contributed by atoms with E-state index in [9.17, 15) is 26.3 Å². The minimum Gasteiger partial charge on any atom is -0.166 e. The highest BCUT2D eigenvalue weighted by Gasteiger charge is 2.62. The normalized spacial score (nSPS) is 17.7. The quantitative estimate of drug-likeness (QED) is 0.161. The van der Waals surface area contributed by atoms with Crippen molar-refractivity contribution >= 4 is 11.6 Å². The zero-order valence-electron chi connectivity index (χ0n) is 26.3. The van der Waals surface area contributed by atoms with E-state index in [-0.39, 0.29) is 0 Å². The molecule has 0 radical (unpaired) electrons. The fourth-order valence-corrected chi connectivity index (χ4v) is 8.53. The second-order valence-corrected chi connectivity index (χ2v) is 13.0. The molecule has 0 bridgehead atoms. The summed E-state index contributed by atoms with van der Waals surface area (Å²) in [5.74, 6) is -0.426. The smallest absolute Gasteiger partial charge is 0.166 e. The number of rotatable bonds is 2. The molecule has 3 aliphatic rings. The molecule has 1 saturated carbocycles. The van der Waals surface area contributed by atoms with Gasteiger partial charge >= 0.3 is 12.4 Å². The lowest BCUT2D eigenvalue weighted by Crippen LogP contribution is -2.47. The van der Waals surface area contributed by atoms with Gasteiger partial charge in [-0.05, 0) is 96.6 Å². The van der Waals surface area contributed by atoms with Crippen LogP contribution in [0, 0.1) is 0 Å². The largest absolute Gasteiger partial charge is 0.416 e. The van der Waals surface area contributed by atoms with E-state index in [1.807, 2.05) is 54.6 Å². The van der Waals surface area contributed by atoms with Gasteiger partial charge in [-0.1, -0.05) is 127 Å². The van der Waals surface area contributed by atoms with Crippen LogP contribution in [0.25, 0.3) is 33.9 Å². The van der Waals surface area contributed by atoms with Crippen LogP contribution in [-0.4, -0.2) is 0 Å². The maximum absolute atomic E-state index is 13.9. The van der Waals surface area contributed by atoms with Gasteiger partial charge in [-0.15, -0.1) is 0 Å². The van der Waals surface area contributed by atoms with Gasteiger partial charge in [-0.25, -0.2) is 0 Å². The minimum atomic E-state index is -4.50. The molecule has 0 amide bonds. The summed E-state index contributed by atoms with van der Waals surface area (Å²) in [5.41, 5.74) is 10.0. The Bertz CT molecular complexity index is 2300. The molecule has 0 nitrogen and oxygen atoms in total. The third kappa shape index (κ3) is 4.27. The zero-order valence-corrected chi connectivity index (χ0v) is 26.3. The molecule has 3 aliphatic carbocycles. The molecule has 50 heavy (non-hydrogen) atoms.